The number of carbonyl (C=O) groups excluding carboxylic acids is 2. The van der Waals surface area contributed by atoms with Gasteiger partial charge in [-0.3, -0.25) is 13.8 Å². The van der Waals surface area contributed by atoms with Crippen molar-refractivity contribution >= 4 is 28.0 Å². The van der Waals surface area contributed by atoms with Crippen LogP contribution in [0.2, 0.25) is 0 Å². The van der Waals surface area contributed by atoms with E-state index in [0.29, 0.717) is 0 Å². The molecule has 10 nitrogen and oxygen atoms in total. The van der Waals surface area contributed by atoms with Crippen LogP contribution in [-0.4, -0.2) is 67.6 Å². The summed E-state index contributed by atoms with van der Waals surface area (Å²) in [5.74, 6) is -2.60. The molecule has 0 aliphatic carbocycles. The number of hydrogen-bond donors (Lipinski definition) is 3. The molecule has 0 spiro atoms. The van der Waals surface area contributed by atoms with Gasteiger partial charge in [0.05, 0.1) is 23.9 Å². The number of nitrogens with one attached hydrogen (secondary N) is 1. The van der Waals surface area contributed by atoms with E-state index in [2.05, 4.69) is 5.32 Å². The first kappa shape index (κ1) is 28.3. The van der Waals surface area contributed by atoms with Crippen LogP contribution in [0.25, 0.3) is 0 Å². The summed E-state index contributed by atoms with van der Waals surface area (Å²) in [4.78, 5) is 33.9. The predicted octanol–water partition coefficient (Wildman–Crippen LogP) is 1.07. The van der Waals surface area contributed by atoms with Gasteiger partial charge in [0.2, 0.25) is 5.91 Å². The second-order valence-corrected chi connectivity index (χ2v) is 10.5. The second-order valence-electron chi connectivity index (χ2n) is 8.77. The van der Waals surface area contributed by atoms with E-state index in [-0.39, 0.29) is 44.1 Å². The first-order valence-electron chi connectivity index (χ1n) is 9.74. The number of aliphatic hydroxyl groups excluding tert-OH is 1. The van der Waals surface area contributed by atoms with Gasteiger partial charge in [-0.25, -0.2) is 4.79 Å². The fourth-order valence-electron chi connectivity index (χ4n) is 2.43. The summed E-state index contributed by atoms with van der Waals surface area (Å²) in [5, 5.41) is 21.7. The van der Waals surface area contributed by atoms with Crippen LogP contribution in [-0.2, 0) is 33.4 Å². The lowest BCUT2D eigenvalue weighted by Gasteiger charge is -2.35. The number of carboxylic acids is 1. The molecule has 0 fully saturated rings. The molecule has 0 aliphatic rings. The van der Waals surface area contributed by atoms with Gasteiger partial charge in [-0.2, -0.15) is 8.42 Å². The van der Waals surface area contributed by atoms with E-state index in [1.54, 1.807) is 20.8 Å². The van der Waals surface area contributed by atoms with Gasteiger partial charge in [0.25, 0.3) is 10.1 Å². The number of hydrogen-bond acceptors (Lipinski definition) is 8. The molecule has 30 heavy (non-hydrogen) atoms. The maximum Gasteiger partial charge on any atom is 0.333 e. The van der Waals surface area contributed by atoms with Crippen molar-refractivity contribution in [2.45, 2.75) is 73.0 Å². The van der Waals surface area contributed by atoms with E-state index in [4.69, 9.17) is 14.0 Å². The lowest BCUT2D eigenvalue weighted by atomic mass is 9.79. The van der Waals surface area contributed by atoms with Crippen molar-refractivity contribution in [1.29, 1.82) is 0 Å². The molecule has 0 saturated carbocycles. The monoisotopic (exact) mass is 453 g/mol. The third kappa shape index (κ3) is 10.4. The van der Waals surface area contributed by atoms with Gasteiger partial charge in [-0.05, 0) is 40.0 Å². The quantitative estimate of drug-likeness (QED) is 0.211. The highest BCUT2D eigenvalue weighted by Gasteiger charge is 2.43. The van der Waals surface area contributed by atoms with Crippen LogP contribution in [0.15, 0.2) is 0 Å². The topological polar surface area (TPSA) is 156 Å². The second kappa shape index (κ2) is 11.6. The molecule has 0 radical (unpaired) electrons. The Balaban J connectivity index is 5.14. The van der Waals surface area contributed by atoms with Crippen molar-refractivity contribution in [1.82, 2.24) is 5.32 Å². The Labute approximate surface area is 178 Å². The molecule has 3 N–H and O–H groups in total. The average Bonchev–Trinajstić information content (AvgIpc) is 2.59. The molecule has 1 unspecified atom stereocenters. The summed E-state index contributed by atoms with van der Waals surface area (Å²) in [6.07, 6.45) is -2.67. The fourth-order valence-corrected chi connectivity index (χ4v) is 3.72. The molecule has 0 aromatic carbocycles. The Bertz CT molecular complexity index is 695. The SMILES string of the molecule is CC(=O)NCCCS(=O)(=O)OC(CCCOC(=O)C(C)(C)C)C(C)(C)[C@@H](O)C(=O)O. The van der Waals surface area contributed by atoms with Crippen LogP contribution in [0.5, 0.6) is 0 Å². The zero-order chi connectivity index (χ0) is 23.8. The van der Waals surface area contributed by atoms with Gasteiger partial charge >= 0.3 is 11.9 Å². The smallest absolute Gasteiger partial charge is 0.333 e. The third-order valence-corrected chi connectivity index (χ3v) is 5.75. The van der Waals surface area contributed by atoms with Crippen molar-refractivity contribution in [3.05, 3.63) is 0 Å². The van der Waals surface area contributed by atoms with Crippen molar-refractivity contribution in [2.75, 3.05) is 18.9 Å². The molecule has 2 atom stereocenters. The normalized spacial score (nSPS) is 14.6. The molecule has 176 valence electrons. The van der Waals surface area contributed by atoms with Gasteiger partial charge in [0, 0.05) is 18.9 Å². The molecule has 0 aromatic rings. The van der Waals surface area contributed by atoms with E-state index in [0.717, 1.165) is 0 Å². The predicted molar refractivity (Wildman–Crippen MR) is 109 cm³/mol. The highest BCUT2D eigenvalue weighted by Crippen LogP contribution is 2.32. The van der Waals surface area contributed by atoms with Crippen LogP contribution < -0.4 is 5.32 Å². The molecule has 11 heteroatoms. The first-order valence-corrected chi connectivity index (χ1v) is 11.3. The molecular formula is C19H35NO9S. The summed E-state index contributed by atoms with van der Waals surface area (Å²) >= 11 is 0. The van der Waals surface area contributed by atoms with Crippen LogP contribution in [0, 0.1) is 10.8 Å². The van der Waals surface area contributed by atoms with Gasteiger partial charge in [-0.1, -0.05) is 13.8 Å². The zero-order valence-electron chi connectivity index (χ0n) is 18.6. The number of esters is 1. The number of ether oxygens (including phenoxy) is 1. The average molecular weight is 454 g/mol. The standard InChI is InChI=1S/C19H35NO9S/c1-13(21)20-10-8-12-30(26,27)29-14(19(5,6)15(22)16(23)24)9-7-11-28-17(25)18(2,3)4/h14-15,22H,7-12H2,1-6H3,(H,20,21)(H,23,24)/t14?,15-/m0/s1. The molecule has 0 saturated heterocycles. The summed E-state index contributed by atoms with van der Waals surface area (Å²) in [6.45, 7) is 9.33. The molecular weight excluding hydrogens is 418 g/mol. The lowest BCUT2D eigenvalue weighted by Crippen LogP contribution is -2.47. The minimum Gasteiger partial charge on any atom is -0.479 e. The maximum atomic E-state index is 12.3. The fraction of sp³-hybridized carbons (Fsp3) is 0.842. The van der Waals surface area contributed by atoms with Gasteiger partial charge < -0.3 is 20.3 Å². The molecule has 0 heterocycles. The molecule has 0 rings (SSSR count). The molecule has 1 amide bonds. The highest BCUT2D eigenvalue weighted by molar-refractivity contribution is 7.86. The minimum absolute atomic E-state index is 0.00219. The summed E-state index contributed by atoms with van der Waals surface area (Å²) in [5.41, 5.74) is -2.13. The van der Waals surface area contributed by atoms with Crippen LogP contribution in [0.4, 0.5) is 0 Å². The van der Waals surface area contributed by atoms with E-state index >= 15 is 0 Å². The Morgan fingerprint density at radius 1 is 1.07 bits per heavy atom. The summed E-state index contributed by atoms with van der Waals surface area (Å²) < 4.78 is 35.1. The van der Waals surface area contributed by atoms with Crippen molar-refractivity contribution < 1.29 is 41.9 Å². The van der Waals surface area contributed by atoms with Gasteiger partial charge in [-0.15, -0.1) is 0 Å². The van der Waals surface area contributed by atoms with Crippen LogP contribution >= 0.6 is 0 Å². The molecule has 0 aromatic heterocycles. The number of rotatable bonds is 13. The van der Waals surface area contributed by atoms with Gasteiger partial charge in [0.1, 0.15) is 0 Å². The number of carbonyl (C=O) groups is 3. The van der Waals surface area contributed by atoms with Crippen molar-refractivity contribution in [3.8, 4) is 0 Å². The Kier molecular flexibility index (Phi) is 10.9. The largest absolute Gasteiger partial charge is 0.479 e. The van der Waals surface area contributed by atoms with Crippen molar-refractivity contribution in [2.24, 2.45) is 10.8 Å². The number of amides is 1. The third-order valence-electron chi connectivity index (χ3n) is 4.43. The summed E-state index contributed by atoms with van der Waals surface area (Å²) in [6, 6.07) is 0. The zero-order valence-corrected chi connectivity index (χ0v) is 19.4. The maximum absolute atomic E-state index is 12.3. The van der Waals surface area contributed by atoms with Crippen LogP contribution in [0.3, 0.4) is 0 Å². The van der Waals surface area contributed by atoms with Crippen molar-refractivity contribution in [3.63, 3.8) is 0 Å². The highest BCUT2D eigenvalue weighted by atomic mass is 32.2. The Morgan fingerprint density at radius 3 is 2.10 bits per heavy atom. The molecule has 0 bridgehead atoms. The Morgan fingerprint density at radius 2 is 1.63 bits per heavy atom. The Hall–Kier alpha value is -1.72. The first-order chi connectivity index (χ1) is 13.5. The minimum atomic E-state index is -4.06. The van der Waals surface area contributed by atoms with E-state index in [1.165, 1.54) is 20.8 Å². The molecule has 0 aliphatic heterocycles. The lowest BCUT2D eigenvalue weighted by molar-refractivity contribution is -0.158. The number of aliphatic hydroxyl groups is 1. The number of carboxylic acid groups (broad SMARTS) is 1. The van der Waals surface area contributed by atoms with E-state index < -0.39 is 45.1 Å². The van der Waals surface area contributed by atoms with Gasteiger partial charge in [0.15, 0.2) is 6.10 Å². The summed E-state index contributed by atoms with van der Waals surface area (Å²) in [7, 11) is -4.06. The van der Waals surface area contributed by atoms with E-state index in [9.17, 15) is 27.9 Å². The van der Waals surface area contributed by atoms with E-state index in [1.807, 2.05) is 0 Å². The number of aliphatic carboxylic acids is 1. The van der Waals surface area contributed by atoms with Crippen LogP contribution in [0.1, 0.15) is 60.8 Å².